The molecule has 2 aromatic carbocycles. The number of halogens is 1. The second-order valence-corrected chi connectivity index (χ2v) is 8.05. The topological polar surface area (TPSA) is 82.2 Å². The van der Waals surface area contributed by atoms with Gasteiger partial charge >= 0.3 is 0 Å². The Hall–Kier alpha value is -3.63. The molecular weight excluding hydrogens is 438 g/mol. The molecule has 0 unspecified atom stereocenters. The lowest BCUT2D eigenvalue weighted by atomic mass is 10.1. The van der Waals surface area contributed by atoms with Crippen LogP contribution >= 0.6 is 12.4 Å². The summed E-state index contributed by atoms with van der Waals surface area (Å²) in [6.45, 7) is 1.77. The molecule has 0 radical (unpaired) electrons. The average molecular weight is 464 g/mol. The summed E-state index contributed by atoms with van der Waals surface area (Å²) in [5.41, 5.74) is 3.51. The highest BCUT2D eigenvalue weighted by molar-refractivity contribution is 5.89. The number of hydrogen-bond donors (Lipinski definition) is 0. The summed E-state index contributed by atoms with van der Waals surface area (Å²) < 4.78 is 1.92. The Labute approximate surface area is 199 Å². The van der Waals surface area contributed by atoms with E-state index in [0.29, 0.717) is 31.6 Å². The zero-order chi connectivity index (χ0) is 22.5. The van der Waals surface area contributed by atoms with E-state index in [1.54, 1.807) is 36.6 Å². The van der Waals surface area contributed by atoms with Crippen molar-refractivity contribution in [3.8, 4) is 6.07 Å². The lowest BCUT2D eigenvalue weighted by Gasteiger charge is -2.24. The van der Waals surface area contributed by atoms with E-state index >= 15 is 0 Å². The van der Waals surface area contributed by atoms with Gasteiger partial charge in [0.2, 0.25) is 11.8 Å². The van der Waals surface area contributed by atoms with E-state index in [-0.39, 0.29) is 30.6 Å². The van der Waals surface area contributed by atoms with Crippen LogP contribution in [-0.2, 0) is 29.1 Å². The number of nitriles is 1. The second kappa shape index (κ2) is 10.8. The highest BCUT2D eigenvalue weighted by atomic mass is 35.5. The van der Waals surface area contributed by atoms with Crippen LogP contribution in [0, 0.1) is 11.3 Å². The van der Waals surface area contributed by atoms with E-state index in [9.17, 15) is 9.59 Å². The Morgan fingerprint density at radius 2 is 1.82 bits per heavy atom. The molecular formula is C25H26ClN5O2. The molecule has 1 aliphatic heterocycles. The lowest BCUT2D eigenvalue weighted by Crippen LogP contribution is -2.43. The first-order valence-corrected chi connectivity index (χ1v) is 10.6. The fraction of sp³-hybridized carbons (Fsp3) is 0.280. The lowest BCUT2D eigenvalue weighted by molar-refractivity contribution is -0.140. The SMILES string of the molecule is CN(C(=O)Cc1cncn1Cc1ccc(C#N)cc1)[C@H]1CCN(Cc2ccccc2)C1=O.Cl. The van der Waals surface area contributed by atoms with Crippen molar-refractivity contribution in [1.82, 2.24) is 19.4 Å². The highest BCUT2D eigenvalue weighted by Crippen LogP contribution is 2.20. The van der Waals surface area contributed by atoms with Crippen LogP contribution < -0.4 is 0 Å². The predicted molar refractivity (Wildman–Crippen MR) is 126 cm³/mol. The molecule has 0 aliphatic carbocycles. The van der Waals surface area contributed by atoms with E-state index in [1.807, 2.05) is 51.9 Å². The fourth-order valence-corrected chi connectivity index (χ4v) is 4.02. The number of likely N-dealkylation sites (N-methyl/N-ethyl adjacent to an activating group) is 1. The molecule has 3 aromatic rings. The van der Waals surface area contributed by atoms with E-state index in [4.69, 9.17) is 5.26 Å². The van der Waals surface area contributed by atoms with Gasteiger partial charge in [-0.15, -0.1) is 12.4 Å². The molecule has 2 heterocycles. The van der Waals surface area contributed by atoms with Gasteiger partial charge in [-0.05, 0) is 29.7 Å². The van der Waals surface area contributed by atoms with Crippen molar-refractivity contribution in [2.24, 2.45) is 0 Å². The molecule has 1 aliphatic rings. The van der Waals surface area contributed by atoms with Crippen LogP contribution in [-0.4, -0.2) is 50.8 Å². The zero-order valence-corrected chi connectivity index (χ0v) is 19.2. The van der Waals surface area contributed by atoms with Crippen LogP contribution in [0.5, 0.6) is 0 Å². The van der Waals surface area contributed by atoms with Crippen LogP contribution in [0.2, 0.25) is 0 Å². The van der Waals surface area contributed by atoms with Crippen molar-refractivity contribution in [3.63, 3.8) is 0 Å². The van der Waals surface area contributed by atoms with Crippen LogP contribution in [0.25, 0.3) is 0 Å². The minimum atomic E-state index is -0.430. The second-order valence-electron chi connectivity index (χ2n) is 8.05. The number of carbonyl (C=O) groups is 2. The monoisotopic (exact) mass is 463 g/mol. The minimum absolute atomic E-state index is 0. The molecule has 8 heteroatoms. The molecule has 0 N–H and O–H groups in total. The Morgan fingerprint density at radius 1 is 1.12 bits per heavy atom. The van der Waals surface area contributed by atoms with Gasteiger partial charge in [-0.25, -0.2) is 4.98 Å². The maximum absolute atomic E-state index is 13.0. The molecule has 1 atom stereocenters. The first-order valence-electron chi connectivity index (χ1n) is 10.6. The standard InChI is InChI=1S/C25H25N5O2.ClH/c1-28(23-11-12-29(25(23)32)16-20-5-3-2-4-6-20)24(31)13-22-15-27-18-30(22)17-21-9-7-19(14-26)8-10-21;/h2-10,15,18,23H,11-13,16-17H2,1H3;1H/t23-;/m0./s1. The Kier molecular flexibility index (Phi) is 7.86. The van der Waals surface area contributed by atoms with Crippen molar-refractivity contribution in [2.45, 2.75) is 32.0 Å². The third-order valence-corrected chi connectivity index (χ3v) is 5.91. The number of imidazole rings is 1. The van der Waals surface area contributed by atoms with Crippen molar-refractivity contribution in [3.05, 3.63) is 89.5 Å². The molecule has 1 fully saturated rings. The number of hydrogen-bond acceptors (Lipinski definition) is 4. The van der Waals surface area contributed by atoms with Crippen molar-refractivity contribution in [2.75, 3.05) is 13.6 Å². The number of rotatable bonds is 7. The molecule has 170 valence electrons. The maximum Gasteiger partial charge on any atom is 0.245 e. The first kappa shape index (κ1) is 24.0. The number of nitrogens with zero attached hydrogens (tertiary/aromatic N) is 5. The first-order chi connectivity index (χ1) is 15.5. The smallest absolute Gasteiger partial charge is 0.245 e. The largest absolute Gasteiger partial charge is 0.336 e. The summed E-state index contributed by atoms with van der Waals surface area (Å²) in [4.78, 5) is 33.5. The van der Waals surface area contributed by atoms with Gasteiger partial charge in [0.1, 0.15) is 6.04 Å². The fourth-order valence-electron chi connectivity index (χ4n) is 4.02. The van der Waals surface area contributed by atoms with E-state index in [1.165, 1.54) is 0 Å². The van der Waals surface area contributed by atoms with Crippen LogP contribution in [0.15, 0.2) is 67.1 Å². The molecule has 0 saturated carbocycles. The third kappa shape index (κ3) is 5.60. The van der Waals surface area contributed by atoms with Gasteiger partial charge in [0.05, 0.1) is 24.4 Å². The number of benzene rings is 2. The Bertz CT molecular complexity index is 1140. The summed E-state index contributed by atoms with van der Waals surface area (Å²) in [5, 5.41) is 8.94. The van der Waals surface area contributed by atoms with Gasteiger partial charge in [-0.3, -0.25) is 9.59 Å². The molecule has 2 amide bonds. The summed E-state index contributed by atoms with van der Waals surface area (Å²) in [5.74, 6) is -0.109. The molecule has 7 nitrogen and oxygen atoms in total. The van der Waals surface area contributed by atoms with Gasteiger partial charge < -0.3 is 14.4 Å². The summed E-state index contributed by atoms with van der Waals surface area (Å²) in [6, 6.07) is 18.9. The molecule has 4 rings (SSSR count). The number of amides is 2. The minimum Gasteiger partial charge on any atom is -0.336 e. The number of carbonyl (C=O) groups excluding carboxylic acids is 2. The maximum atomic E-state index is 13.0. The van der Waals surface area contributed by atoms with Crippen molar-refractivity contribution < 1.29 is 9.59 Å². The molecule has 0 spiro atoms. The summed E-state index contributed by atoms with van der Waals surface area (Å²) in [6.07, 6.45) is 4.20. The number of aromatic nitrogens is 2. The van der Waals surface area contributed by atoms with Crippen LogP contribution in [0.4, 0.5) is 0 Å². The third-order valence-electron chi connectivity index (χ3n) is 5.91. The van der Waals surface area contributed by atoms with E-state index in [0.717, 1.165) is 16.8 Å². The van der Waals surface area contributed by atoms with Crippen molar-refractivity contribution >= 4 is 24.2 Å². The molecule has 1 saturated heterocycles. The Morgan fingerprint density at radius 3 is 2.52 bits per heavy atom. The van der Waals surface area contributed by atoms with Gasteiger partial charge in [-0.1, -0.05) is 42.5 Å². The van der Waals surface area contributed by atoms with Gasteiger partial charge in [-0.2, -0.15) is 5.26 Å². The van der Waals surface area contributed by atoms with E-state index in [2.05, 4.69) is 11.1 Å². The van der Waals surface area contributed by atoms with Gasteiger partial charge in [0.15, 0.2) is 0 Å². The highest BCUT2D eigenvalue weighted by Gasteiger charge is 2.36. The number of likely N-dealkylation sites (tertiary alicyclic amines) is 1. The van der Waals surface area contributed by atoms with E-state index < -0.39 is 6.04 Å². The molecule has 33 heavy (non-hydrogen) atoms. The van der Waals surface area contributed by atoms with Crippen LogP contribution in [0.1, 0.15) is 28.8 Å². The quantitative estimate of drug-likeness (QED) is 0.539. The molecule has 1 aromatic heterocycles. The predicted octanol–water partition coefficient (Wildman–Crippen LogP) is 3.03. The normalized spacial score (nSPS) is 15.1. The summed E-state index contributed by atoms with van der Waals surface area (Å²) >= 11 is 0. The van der Waals surface area contributed by atoms with Crippen LogP contribution in [0.3, 0.4) is 0 Å². The zero-order valence-electron chi connectivity index (χ0n) is 18.4. The van der Waals surface area contributed by atoms with Gasteiger partial charge in [0, 0.05) is 38.6 Å². The average Bonchev–Trinajstić information content (AvgIpc) is 3.40. The van der Waals surface area contributed by atoms with Crippen molar-refractivity contribution in [1.29, 1.82) is 5.26 Å². The Balaban J connectivity index is 0.00000306. The summed E-state index contributed by atoms with van der Waals surface area (Å²) in [7, 11) is 1.71. The molecule has 0 bridgehead atoms. The van der Waals surface area contributed by atoms with Gasteiger partial charge in [0.25, 0.3) is 0 Å².